The number of halogens is 1. The first-order valence-corrected chi connectivity index (χ1v) is 8.21. The lowest BCUT2D eigenvalue weighted by atomic mass is 10.2. The first kappa shape index (κ1) is 16.3. The molecule has 0 spiro atoms. The number of pyridine rings is 1. The summed E-state index contributed by atoms with van der Waals surface area (Å²) in [6, 6.07) is 18.8. The quantitative estimate of drug-likeness (QED) is 0.650. The number of rotatable bonds is 5. The van der Waals surface area contributed by atoms with Crippen LogP contribution < -0.4 is 15.0 Å². The number of hydrogen-bond donors (Lipinski definition) is 0. The van der Waals surface area contributed by atoms with Gasteiger partial charge in [0.05, 0.1) is 13.7 Å². The van der Waals surface area contributed by atoms with Crippen LogP contribution in [-0.2, 0) is 6.54 Å². The van der Waals surface area contributed by atoms with Crippen molar-refractivity contribution in [3.05, 3.63) is 87.3 Å². The fourth-order valence-corrected chi connectivity index (χ4v) is 2.72. The van der Waals surface area contributed by atoms with Gasteiger partial charge in [0.25, 0.3) is 5.56 Å². The molecule has 5 heteroatoms. The first-order chi connectivity index (χ1) is 11.7. The van der Waals surface area contributed by atoms with E-state index in [0.717, 1.165) is 11.3 Å². The van der Waals surface area contributed by atoms with E-state index in [2.05, 4.69) is 15.9 Å². The van der Waals surface area contributed by atoms with Gasteiger partial charge in [0.2, 0.25) is 0 Å². The van der Waals surface area contributed by atoms with Crippen molar-refractivity contribution in [2.45, 2.75) is 6.54 Å². The Kier molecular flexibility index (Phi) is 5.01. The minimum absolute atomic E-state index is 0.140. The summed E-state index contributed by atoms with van der Waals surface area (Å²) in [6.45, 7) is 0.479. The summed E-state index contributed by atoms with van der Waals surface area (Å²) < 4.78 is 12.9. The second kappa shape index (κ2) is 7.36. The summed E-state index contributed by atoms with van der Waals surface area (Å²) >= 11 is 3.35. The van der Waals surface area contributed by atoms with E-state index in [0.29, 0.717) is 22.5 Å². The third-order valence-corrected chi connectivity index (χ3v) is 4.28. The van der Waals surface area contributed by atoms with Gasteiger partial charge >= 0.3 is 0 Å². The molecular formula is C19H16BrNO3. The molecule has 3 aromatic rings. The minimum atomic E-state index is -0.140. The van der Waals surface area contributed by atoms with Crippen molar-refractivity contribution in [2.75, 3.05) is 7.11 Å². The van der Waals surface area contributed by atoms with E-state index in [-0.39, 0.29) is 5.56 Å². The van der Waals surface area contributed by atoms with E-state index < -0.39 is 0 Å². The molecule has 4 nitrogen and oxygen atoms in total. The van der Waals surface area contributed by atoms with E-state index >= 15 is 0 Å². The maximum absolute atomic E-state index is 12.5. The average molecular weight is 386 g/mol. The number of methoxy groups -OCH3 is 1. The molecule has 0 fully saturated rings. The van der Waals surface area contributed by atoms with E-state index in [1.165, 1.54) is 0 Å². The molecule has 0 saturated heterocycles. The van der Waals surface area contributed by atoms with Gasteiger partial charge < -0.3 is 14.0 Å². The molecule has 0 bridgehead atoms. The van der Waals surface area contributed by atoms with Crippen molar-refractivity contribution in [1.82, 2.24) is 4.57 Å². The van der Waals surface area contributed by atoms with Gasteiger partial charge in [0, 0.05) is 6.20 Å². The fraction of sp³-hybridized carbons (Fsp3) is 0.105. The van der Waals surface area contributed by atoms with Gasteiger partial charge in [-0.2, -0.15) is 0 Å². The van der Waals surface area contributed by atoms with Gasteiger partial charge in [-0.25, -0.2) is 0 Å². The molecule has 1 heterocycles. The Hall–Kier alpha value is -2.53. The molecule has 2 aromatic carbocycles. The third kappa shape index (κ3) is 3.68. The van der Waals surface area contributed by atoms with Crippen LogP contribution in [0.2, 0.25) is 0 Å². The van der Waals surface area contributed by atoms with Crippen LogP contribution in [0, 0.1) is 0 Å². The summed E-state index contributed by atoms with van der Waals surface area (Å²) in [5, 5.41) is 0. The smallest absolute Gasteiger partial charge is 0.268 e. The maximum atomic E-state index is 12.5. The van der Waals surface area contributed by atoms with Gasteiger partial charge in [0.15, 0.2) is 0 Å². The van der Waals surface area contributed by atoms with Crippen molar-refractivity contribution in [3.8, 4) is 17.2 Å². The summed E-state index contributed by atoms with van der Waals surface area (Å²) in [6.07, 6.45) is 1.73. The summed E-state index contributed by atoms with van der Waals surface area (Å²) in [5.74, 6) is 1.97. The zero-order valence-electron chi connectivity index (χ0n) is 13.1. The molecule has 0 saturated carbocycles. The molecule has 24 heavy (non-hydrogen) atoms. The van der Waals surface area contributed by atoms with Gasteiger partial charge in [-0.05, 0) is 51.8 Å². The van der Waals surface area contributed by atoms with Crippen molar-refractivity contribution in [3.63, 3.8) is 0 Å². The van der Waals surface area contributed by atoms with E-state index in [1.54, 1.807) is 23.9 Å². The molecule has 1 aromatic heterocycles. The van der Waals surface area contributed by atoms with Crippen LogP contribution in [-0.4, -0.2) is 11.7 Å². The third-order valence-electron chi connectivity index (χ3n) is 3.55. The van der Waals surface area contributed by atoms with Crippen LogP contribution in [0.1, 0.15) is 5.56 Å². The van der Waals surface area contributed by atoms with Crippen LogP contribution in [0.3, 0.4) is 0 Å². The van der Waals surface area contributed by atoms with Crippen LogP contribution in [0.4, 0.5) is 0 Å². The van der Waals surface area contributed by atoms with Crippen molar-refractivity contribution in [1.29, 1.82) is 0 Å². The van der Waals surface area contributed by atoms with Gasteiger partial charge in [0.1, 0.15) is 21.7 Å². The Morgan fingerprint density at radius 3 is 2.33 bits per heavy atom. The Labute approximate surface area is 148 Å². The van der Waals surface area contributed by atoms with Gasteiger partial charge in [-0.3, -0.25) is 4.79 Å². The highest BCUT2D eigenvalue weighted by molar-refractivity contribution is 9.10. The van der Waals surface area contributed by atoms with Crippen molar-refractivity contribution >= 4 is 15.9 Å². The first-order valence-electron chi connectivity index (χ1n) is 7.42. The number of para-hydroxylation sites is 1. The lowest BCUT2D eigenvalue weighted by Crippen LogP contribution is -2.21. The second-order valence-electron chi connectivity index (χ2n) is 5.19. The molecule has 122 valence electrons. The molecule has 0 atom stereocenters. The zero-order valence-corrected chi connectivity index (χ0v) is 14.7. The maximum Gasteiger partial charge on any atom is 0.268 e. The number of aromatic nitrogens is 1. The Bertz CT molecular complexity index is 873. The Balaban J connectivity index is 1.83. The monoisotopic (exact) mass is 385 g/mol. The van der Waals surface area contributed by atoms with E-state index in [4.69, 9.17) is 9.47 Å². The van der Waals surface area contributed by atoms with Crippen LogP contribution >= 0.6 is 15.9 Å². The number of benzene rings is 2. The normalized spacial score (nSPS) is 10.4. The molecule has 3 rings (SSSR count). The molecule has 0 amide bonds. The molecule has 0 aliphatic carbocycles. The zero-order chi connectivity index (χ0) is 16.9. The SMILES string of the molecule is COc1ccc(Cn2ccc(Oc3ccccc3)c(Br)c2=O)cc1. The Morgan fingerprint density at radius 2 is 1.67 bits per heavy atom. The predicted molar refractivity (Wildman–Crippen MR) is 97.0 cm³/mol. The lowest BCUT2D eigenvalue weighted by Gasteiger charge is -2.11. The molecule has 0 N–H and O–H groups in total. The standard InChI is InChI=1S/C19H16BrNO3/c1-23-15-9-7-14(8-10-15)13-21-12-11-17(18(20)19(21)22)24-16-5-3-2-4-6-16/h2-12H,13H2,1H3. The number of nitrogens with zero attached hydrogens (tertiary/aromatic N) is 1. The Morgan fingerprint density at radius 1 is 0.958 bits per heavy atom. The van der Waals surface area contributed by atoms with Crippen LogP contribution in [0.15, 0.2) is 76.1 Å². The minimum Gasteiger partial charge on any atom is -0.497 e. The molecular weight excluding hydrogens is 370 g/mol. The highest BCUT2D eigenvalue weighted by Gasteiger charge is 2.10. The van der Waals surface area contributed by atoms with Crippen molar-refractivity contribution < 1.29 is 9.47 Å². The van der Waals surface area contributed by atoms with Gasteiger partial charge in [-0.15, -0.1) is 0 Å². The fourth-order valence-electron chi connectivity index (χ4n) is 2.28. The topological polar surface area (TPSA) is 40.5 Å². The molecule has 0 aliphatic rings. The van der Waals surface area contributed by atoms with Crippen molar-refractivity contribution in [2.24, 2.45) is 0 Å². The molecule has 0 unspecified atom stereocenters. The predicted octanol–water partition coefficient (Wildman–Crippen LogP) is 4.46. The molecule has 0 aliphatic heterocycles. The van der Waals surface area contributed by atoms with Crippen LogP contribution in [0.25, 0.3) is 0 Å². The lowest BCUT2D eigenvalue weighted by molar-refractivity contribution is 0.414. The highest BCUT2D eigenvalue weighted by atomic mass is 79.9. The van der Waals surface area contributed by atoms with E-state index in [1.807, 2.05) is 54.6 Å². The van der Waals surface area contributed by atoms with E-state index in [9.17, 15) is 4.79 Å². The van der Waals surface area contributed by atoms with Gasteiger partial charge in [-0.1, -0.05) is 30.3 Å². The molecule has 0 radical (unpaired) electrons. The number of hydrogen-bond acceptors (Lipinski definition) is 3. The van der Waals surface area contributed by atoms with Crippen LogP contribution in [0.5, 0.6) is 17.2 Å². The highest BCUT2D eigenvalue weighted by Crippen LogP contribution is 2.26. The summed E-state index contributed by atoms with van der Waals surface area (Å²) in [5.41, 5.74) is 0.876. The second-order valence-corrected chi connectivity index (χ2v) is 5.98. The average Bonchev–Trinajstić information content (AvgIpc) is 2.63. The summed E-state index contributed by atoms with van der Waals surface area (Å²) in [7, 11) is 1.63. The number of ether oxygens (including phenoxy) is 2. The summed E-state index contributed by atoms with van der Waals surface area (Å²) in [4.78, 5) is 12.5. The largest absolute Gasteiger partial charge is 0.497 e.